The fraction of sp³-hybridized carbons (Fsp3) is 0.278. The normalized spacial score (nSPS) is 11.4. The highest BCUT2D eigenvalue weighted by Crippen LogP contribution is 2.23. The van der Waals surface area contributed by atoms with Crippen molar-refractivity contribution in [1.29, 1.82) is 0 Å². The topological polar surface area (TPSA) is 46.3 Å². The Balaban J connectivity index is 0.00000264. The van der Waals surface area contributed by atoms with Crippen LogP contribution in [-0.4, -0.2) is 30.4 Å². The predicted octanol–water partition coefficient (Wildman–Crippen LogP) is 3.82. The number of benzene rings is 2. The lowest BCUT2D eigenvalue weighted by atomic mass is 10.2. The lowest BCUT2D eigenvalue weighted by molar-refractivity contribution is 0.0748. The van der Waals surface area contributed by atoms with E-state index in [2.05, 4.69) is 12.1 Å². The van der Waals surface area contributed by atoms with E-state index in [1.807, 2.05) is 49.4 Å². The summed E-state index contributed by atoms with van der Waals surface area (Å²) in [6.45, 7) is 2.41. The number of carbonyl (C=O) groups is 1. The van der Waals surface area contributed by atoms with Gasteiger partial charge in [-0.1, -0.05) is 30.3 Å². The van der Waals surface area contributed by atoms with Gasteiger partial charge in [0.15, 0.2) is 0 Å². The van der Waals surface area contributed by atoms with Crippen molar-refractivity contribution in [2.45, 2.75) is 23.6 Å². The molecule has 2 rings (SSSR count). The molecule has 0 radical (unpaired) electrons. The maximum absolute atomic E-state index is 12.3. The zero-order valence-electron chi connectivity index (χ0n) is 13.4. The third-order valence-corrected chi connectivity index (χ3v) is 4.76. The fourth-order valence-electron chi connectivity index (χ4n) is 2.00. The molecule has 0 bridgehead atoms. The predicted molar refractivity (Wildman–Crippen MR) is 100 cm³/mol. The molecule has 1 unspecified atom stereocenters. The van der Waals surface area contributed by atoms with E-state index in [0.717, 1.165) is 10.6 Å². The quantitative estimate of drug-likeness (QED) is 0.805. The SMILES string of the molecule is CC(CN)N(C)C(=O)c1ccc(SCc2ccccc2)cc1.Cl. The minimum Gasteiger partial charge on any atom is -0.338 e. The molecule has 5 heteroatoms. The number of amides is 1. The van der Waals surface area contributed by atoms with Gasteiger partial charge in [-0.05, 0) is 36.8 Å². The van der Waals surface area contributed by atoms with Crippen LogP contribution in [0.25, 0.3) is 0 Å². The smallest absolute Gasteiger partial charge is 0.253 e. The van der Waals surface area contributed by atoms with Crippen LogP contribution in [0.15, 0.2) is 59.5 Å². The van der Waals surface area contributed by atoms with Crippen molar-refractivity contribution in [1.82, 2.24) is 4.90 Å². The first kappa shape index (κ1) is 19.6. The first-order valence-corrected chi connectivity index (χ1v) is 8.34. The van der Waals surface area contributed by atoms with Gasteiger partial charge in [-0.15, -0.1) is 24.2 Å². The Morgan fingerprint density at radius 1 is 1.13 bits per heavy atom. The van der Waals surface area contributed by atoms with Crippen LogP contribution in [0, 0.1) is 0 Å². The van der Waals surface area contributed by atoms with Gasteiger partial charge in [0, 0.05) is 35.8 Å². The van der Waals surface area contributed by atoms with Gasteiger partial charge in [-0.25, -0.2) is 0 Å². The molecule has 0 aliphatic carbocycles. The molecule has 0 heterocycles. The highest BCUT2D eigenvalue weighted by molar-refractivity contribution is 7.98. The highest BCUT2D eigenvalue weighted by atomic mass is 35.5. The Kier molecular flexibility index (Phi) is 8.17. The Bertz CT molecular complexity index is 604. The molecule has 1 atom stereocenters. The summed E-state index contributed by atoms with van der Waals surface area (Å²) in [6.07, 6.45) is 0. The average Bonchev–Trinajstić information content (AvgIpc) is 2.59. The summed E-state index contributed by atoms with van der Waals surface area (Å²) in [6, 6.07) is 18.2. The molecule has 0 aromatic heterocycles. The fourth-order valence-corrected chi connectivity index (χ4v) is 2.85. The second-order valence-corrected chi connectivity index (χ2v) is 6.35. The van der Waals surface area contributed by atoms with Crippen molar-refractivity contribution in [2.24, 2.45) is 5.73 Å². The highest BCUT2D eigenvalue weighted by Gasteiger charge is 2.16. The lowest BCUT2D eigenvalue weighted by Crippen LogP contribution is -2.39. The molecule has 124 valence electrons. The standard InChI is InChI=1S/C18H22N2OS.ClH/c1-14(12-19)20(2)18(21)16-8-10-17(11-9-16)22-13-15-6-4-3-5-7-15;/h3-11,14H,12-13,19H2,1-2H3;1H. The van der Waals surface area contributed by atoms with Crippen molar-refractivity contribution in [3.8, 4) is 0 Å². The van der Waals surface area contributed by atoms with Crippen molar-refractivity contribution in [2.75, 3.05) is 13.6 Å². The minimum absolute atomic E-state index is 0. The molecular weight excluding hydrogens is 328 g/mol. The van der Waals surface area contributed by atoms with Crippen LogP contribution < -0.4 is 5.73 Å². The molecule has 0 aliphatic heterocycles. The maximum Gasteiger partial charge on any atom is 0.253 e. The van der Waals surface area contributed by atoms with Gasteiger partial charge >= 0.3 is 0 Å². The maximum atomic E-state index is 12.3. The molecule has 0 aliphatic rings. The summed E-state index contributed by atoms with van der Waals surface area (Å²) < 4.78 is 0. The van der Waals surface area contributed by atoms with Gasteiger partial charge in [0.25, 0.3) is 5.91 Å². The van der Waals surface area contributed by atoms with Crippen LogP contribution in [0.4, 0.5) is 0 Å². The summed E-state index contributed by atoms with van der Waals surface area (Å²) in [4.78, 5) is 15.1. The molecular formula is C18H23ClN2OS. The molecule has 0 spiro atoms. The van der Waals surface area contributed by atoms with Crippen molar-refractivity contribution < 1.29 is 4.79 Å². The second kappa shape index (κ2) is 9.60. The van der Waals surface area contributed by atoms with Crippen LogP contribution >= 0.6 is 24.2 Å². The Morgan fingerprint density at radius 3 is 2.30 bits per heavy atom. The zero-order chi connectivity index (χ0) is 15.9. The number of nitrogens with two attached hydrogens (primary N) is 1. The van der Waals surface area contributed by atoms with Gasteiger partial charge in [0.05, 0.1) is 0 Å². The third kappa shape index (κ3) is 5.57. The van der Waals surface area contributed by atoms with Gasteiger partial charge in [-0.2, -0.15) is 0 Å². The van der Waals surface area contributed by atoms with Crippen molar-refractivity contribution in [3.63, 3.8) is 0 Å². The molecule has 0 saturated carbocycles. The van der Waals surface area contributed by atoms with E-state index >= 15 is 0 Å². The molecule has 0 saturated heterocycles. The number of hydrogen-bond donors (Lipinski definition) is 1. The molecule has 0 fully saturated rings. The number of likely N-dealkylation sites (N-methyl/N-ethyl adjacent to an activating group) is 1. The molecule has 1 amide bonds. The molecule has 23 heavy (non-hydrogen) atoms. The van der Waals surface area contributed by atoms with Gasteiger partial charge < -0.3 is 10.6 Å². The minimum atomic E-state index is 0. The van der Waals surface area contributed by atoms with Crippen molar-refractivity contribution in [3.05, 3.63) is 65.7 Å². The summed E-state index contributed by atoms with van der Waals surface area (Å²) in [5.74, 6) is 0.940. The summed E-state index contributed by atoms with van der Waals surface area (Å²) >= 11 is 1.77. The van der Waals surface area contributed by atoms with Gasteiger partial charge in [0.2, 0.25) is 0 Å². The van der Waals surface area contributed by atoms with E-state index < -0.39 is 0 Å². The van der Waals surface area contributed by atoms with Gasteiger partial charge in [0.1, 0.15) is 0 Å². The van der Waals surface area contributed by atoms with E-state index in [4.69, 9.17) is 5.73 Å². The molecule has 2 aromatic rings. The first-order valence-electron chi connectivity index (χ1n) is 7.36. The number of halogens is 1. The number of rotatable bonds is 6. The lowest BCUT2D eigenvalue weighted by Gasteiger charge is -2.23. The van der Waals surface area contributed by atoms with Crippen LogP contribution in [0.5, 0.6) is 0 Å². The number of hydrogen-bond acceptors (Lipinski definition) is 3. The summed E-state index contributed by atoms with van der Waals surface area (Å²) in [7, 11) is 1.79. The molecule has 2 aromatic carbocycles. The second-order valence-electron chi connectivity index (χ2n) is 5.30. The van der Waals surface area contributed by atoms with E-state index in [9.17, 15) is 4.79 Å². The van der Waals surface area contributed by atoms with E-state index in [1.54, 1.807) is 23.7 Å². The van der Waals surface area contributed by atoms with Gasteiger partial charge in [-0.3, -0.25) is 4.79 Å². The number of thioether (sulfide) groups is 1. The Labute approximate surface area is 148 Å². The first-order chi connectivity index (χ1) is 10.6. The Hall–Kier alpha value is -1.49. The zero-order valence-corrected chi connectivity index (χ0v) is 15.1. The van der Waals surface area contributed by atoms with Crippen LogP contribution in [0.2, 0.25) is 0 Å². The number of carbonyl (C=O) groups excluding carboxylic acids is 1. The van der Waals surface area contributed by atoms with E-state index in [-0.39, 0.29) is 24.4 Å². The van der Waals surface area contributed by atoms with Crippen LogP contribution in [0.3, 0.4) is 0 Å². The Morgan fingerprint density at radius 2 is 1.74 bits per heavy atom. The van der Waals surface area contributed by atoms with E-state index in [0.29, 0.717) is 12.1 Å². The van der Waals surface area contributed by atoms with E-state index in [1.165, 1.54) is 5.56 Å². The summed E-state index contributed by atoms with van der Waals surface area (Å²) in [5, 5.41) is 0. The third-order valence-electron chi connectivity index (χ3n) is 3.67. The van der Waals surface area contributed by atoms with Crippen LogP contribution in [-0.2, 0) is 5.75 Å². The van der Waals surface area contributed by atoms with Crippen molar-refractivity contribution >= 4 is 30.1 Å². The van der Waals surface area contributed by atoms with Crippen LogP contribution in [0.1, 0.15) is 22.8 Å². The monoisotopic (exact) mass is 350 g/mol. The average molecular weight is 351 g/mol. The number of nitrogens with zero attached hydrogens (tertiary/aromatic N) is 1. The largest absolute Gasteiger partial charge is 0.338 e. The summed E-state index contributed by atoms with van der Waals surface area (Å²) in [5.41, 5.74) is 7.61. The molecule has 3 nitrogen and oxygen atoms in total. The molecule has 2 N–H and O–H groups in total.